The zero-order chi connectivity index (χ0) is 14.4. The maximum atomic E-state index is 11.5. The quantitative estimate of drug-likeness (QED) is 0.738. The van der Waals surface area contributed by atoms with Crippen LogP contribution in [0, 0.1) is 6.92 Å². The van der Waals surface area contributed by atoms with Crippen LogP contribution >= 0.6 is 11.6 Å². The molecule has 3 N–H and O–H groups in total. The van der Waals surface area contributed by atoms with E-state index >= 15 is 0 Å². The van der Waals surface area contributed by atoms with Crippen LogP contribution in [0.1, 0.15) is 5.56 Å². The number of benzene rings is 1. The fraction of sp³-hybridized carbons (Fsp3) is 0.0833. The van der Waals surface area contributed by atoms with E-state index in [1.807, 2.05) is 5.32 Å². The first-order valence-electron chi connectivity index (χ1n) is 5.17. The van der Waals surface area contributed by atoms with Crippen LogP contribution in [0.2, 0.25) is 5.02 Å². The van der Waals surface area contributed by atoms with Gasteiger partial charge in [-0.25, -0.2) is 9.59 Å². The van der Waals surface area contributed by atoms with Gasteiger partial charge in [-0.2, -0.15) is 0 Å². The van der Waals surface area contributed by atoms with Crippen molar-refractivity contribution in [1.29, 1.82) is 0 Å². The highest BCUT2D eigenvalue weighted by molar-refractivity contribution is 6.31. The van der Waals surface area contributed by atoms with E-state index in [0.29, 0.717) is 16.8 Å². The first-order chi connectivity index (χ1) is 8.88. The molecule has 0 fully saturated rings. The van der Waals surface area contributed by atoms with Crippen LogP contribution in [-0.2, 0) is 9.59 Å². The van der Waals surface area contributed by atoms with Crippen LogP contribution < -0.4 is 10.6 Å². The van der Waals surface area contributed by atoms with E-state index in [1.54, 1.807) is 19.1 Å². The Morgan fingerprint density at radius 3 is 2.58 bits per heavy atom. The number of amides is 3. The fourth-order valence-corrected chi connectivity index (χ4v) is 1.36. The molecule has 0 aliphatic rings. The number of urea groups is 1. The molecular weight excluding hydrogens is 272 g/mol. The van der Waals surface area contributed by atoms with Crippen LogP contribution in [0.5, 0.6) is 0 Å². The predicted octanol–water partition coefficient (Wildman–Crippen LogP) is 1.94. The van der Waals surface area contributed by atoms with Crippen molar-refractivity contribution in [3.05, 3.63) is 40.9 Å². The normalized spacial score (nSPS) is 10.2. The Bertz CT molecular complexity index is 555. The Kier molecular flexibility index (Phi) is 5.08. The third-order valence-electron chi connectivity index (χ3n) is 2.06. The molecule has 0 radical (unpaired) electrons. The predicted molar refractivity (Wildman–Crippen MR) is 70.1 cm³/mol. The largest absolute Gasteiger partial charge is 0.478 e. The first kappa shape index (κ1) is 14.7. The molecule has 3 amide bonds. The van der Waals surface area contributed by atoms with E-state index in [9.17, 15) is 14.4 Å². The second kappa shape index (κ2) is 6.55. The summed E-state index contributed by atoms with van der Waals surface area (Å²) in [6, 6.07) is 4.14. The highest BCUT2D eigenvalue weighted by atomic mass is 35.5. The van der Waals surface area contributed by atoms with Crippen molar-refractivity contribution in [2.24, 2.45) is 0 Å². The van der Waals surface area contributed by atoms with Crippen LogP contribution in [0.15, 0.2) is 30.4 Å². The Morgan fingerprint density at radius 1 is 1.26 bits per heavy atom. The van der Waals surface area contributed by atoms with Gasteiger partial charge in [0.05, 0.1) is 0 Å². The molecule has 0 bridgehead atoms. The third-order valence-corrected chi connectivity index (χ3v) is 2.30. The van der Waals surface area contributed by atoms with Crippen molar-refractivity contribution in [2.45, 2.75) is 6.92 Å². The first-order valence-corrected chi connectivity index (χ1v) is 5.55. The number of halogens is 1. The molecule has 7 heteroatoms. The number of anilines is 1. The summed E-state index contributed by atoms with van der Waals surface area (Å²) in [7, 11) is 0. The number of rotatable bonds is 3. The Morgan fingerprint density at radius 2 is 1.95 bits per heavy atom. The van der Waals surface area contributed by atoms with Crippen molar-refractivity contribution >= 4 is 35.2 Å². The standard InChI is InChI=1S/C12H11ClN2O4/c1-7-2-3-8(13)6-9(7)14-12(19)15-10(16)4-5-11(17)18/h2-6H,1H3,(H,17,18)(H2,14,15,16,19)/b5-4+. The smallest absolute Gasteiger partial charge is 0.328 e. The Hall–Kier alpha value is -2.34. The number of aliphatic carboxylic acids is 1. The van der Waals surface area contributed by atoms with Gasteiger partial charge in [0.25, 0.3) is 5.91 Å². The van der Waals surface area contributed by atoms with E-state index in [-0.39, 0.29) is 0 Å². The summed E-state index contributed by atoms with van der Waals surface area (Å²) in [5, 5.41) is 13.1. The number of carbonyl (C=O) groups is 3. The van der Waals surface area contributed by atoms with Crippen molar-refractivity contribution in [1.82, 2.24) is 5.32 Å². The number of aryl methyl sites for hydroxylation is 1. The molecule has 0 unspecified atom stereocenters. The van der Waals surface area contributed by atoms with Gasteiger partial charge in [0, 0.05) is 22.9 Å². The van der Waals surface area contributed by atoms with E-state index in [2.05, 4.69) is 5.32 Å². The third kappa shape index (κ3) is 5.22. The van der Waals surface area contributed by atoms with Crippen LogP contribution in [0.4, 0.5) is 10.5 Å². The maximum Gasteiger partial charge on any atom is 0.328 e. The van der Waals surface area contributed by atoms with Crippen LogP contribution in [0.25, 0.3) is 0 Å². The van der Waals surface area contributed by atoms with E-state index in [1.165, 1.54) is 6.07 Å². The monoisotopic (exact) mass is 282 g/mol. The second-order valence-corrected chi connectivity index (χ2v) is 4.01. The van der Waals surface area contributed by atoms with Gasteiger partial charge in [-0.1, -0.05) is 17.7 Å². The number of hydrogen-bond acceptors (Lipinski definition) is 3. The Balaban J connectivity index is 2.63. The molecule has 0 aromatic heterocycles. The van der Waals surface area contributed by atoms with Gasteiger partial charge < -0.3 is 10.4 Å². The van der Waals surface area contributed by atoms with Gasteiger partial charge in [0.2, 0.25) is 0 Å². The number of carbonyl (C=O) groups excluding carboxylic acids is 2. The fourth-order valence-electron chi connectivity index (χ4n) is 1.18. The molecule has 1 aromatic rings. The molecular formula is C12H11ClN2O4. The highest BCUT2D eigenvalue weighted by Gasteiger charge is 2.07. The van der Waals surface area contributed by atoms with E-state index in [0.717, 1.165) is 11.6 Å². The molecule has 0 aliphatic heterocycles. The number of nitrogens with one attached hydrogen (secondary N) is 2. The van der Waals surface area contributed by atoms with Crippen LogP contribution in [0.3, 0.4) is 0 Å². The molecule has 0 aliphatic carbocycles. The minimum Gasteiger partial charge on any atom is -0.478 e. The van der Waals surface area contributed by atoms with Gasteiger partial charge in [-0.15, -0.1) is 0 Å². The zero-order valence-electron chi connectivity index (χ0n) is 9.94. The summed E-state index contributed by atoms with van der Waals surface area (Å²) >= 11 is 5.78. The molecule has 100 valence electrons. The molecule has 1 aromatic carbocycles. The molecule has 0 atom stereocenters. The number of carboxylic acids is 1. The minimum atomic E-state index is -1.28. The SMILES string of the molecule is Cc1ccc(Cl)cc1NC(=O)NC(=O)/C=C/C(=O)O. The highest BCUT2D eigenvalue weighted by Crippen LogP contribution is 2.19. The lowest BCUT2D eigenvalue weighted by atomic mass is 10.2. The Labute approximate surface area is 114 Å². The molecule has 0 saturated carbocycles. The summed E-state index contributed by atoms with van der Waals surface area (Å²) in [5.41, 5.74) is 1.23. The summed E-state index contributed by atoms with van der Waals surface area (Å²) in [6.45, 7) is 1.76. The topological polar surface area (TPSA) is 95.5 Å². The molecule has 0 heterocycles. The maximum absolute atomic E-state index is 11.5. The lowest BCUT2D eigenvalue weighted by Gasteiger charge is -2.08. The average molecular weight is 283 g/mol. The second-order valence-electron chi connectivity index (χ2n) is 3.57. The van der Waals surface area contributed by atoms with E-state index in [4.69, 9.17) is 16.7 Å². The molecule has 0 spiro atoms. The van der Waals surface area contributed by atoms with Crippen LogP contribution in [-0.4, -0.2) is 23.0 Å². The average Bonchev–Trinajstić information content (AvgIpc) is 2.31. The van der Waals surface area contributed by atoms with Crippen molar-refractivity contribution in [3.63, 3.8) is 0 Å². The lowest BCUT2D eigenvalue weighted by molar-refractivity contribution is -0.131. The molecule has 0 saturated heterocycles. The van der Waals surface area contributed by atoms with Gasteiger partial charge in [-0.05, 0) is 24.6 Å². The van der Waals surface area contributed by atoms with Crippen molar-refractivity contribution in [2.75, 3.05) is 5.32 Å². The molecule has 19 heavy (non-hydrogen) atoms. The molecule has 6 nitrogen and oxygen atoms in total. The summed E-state index contributed by atoms with van der Waals surface area (Å²) in [4.78, 5) is 32.8. The van der Waals surface area contributed by atoms with E-state index < -0.39 is 17.9 Å². The minimum absolute atomic E-state index is 0.443. The van der Waals surface area contributed by atoms with Gasteiger partial charge in [0.1, 0.15) is 0 Å². The van der Waals surface area contributed by atoms with Crippen molar-refractivity contribution < 1.29 is 19.5 Å². The molecule has 1 rings (SSSR count). The lowest BCUT2D eigenvalue weighted by Crippen LogP contribution is -2.33. The van der Waals surface area contributed by atoms with Gasteiger partial charge in [0.15, 0.2) is 0 Å². The number of carboxylic acid groups (broad SMARTS) is 1. The zero-order valence-corrected chi connectivity index (χ0v) is 10.7. The number of imide groups is 1. The van der Waals surface area contributed by atoms with Gasteiger partial charge in [-0.3, -0.25) is 10.1 Å². The summed E-state index contributed by atoms with van der Waals surface area (Å²) in [5.74, 6) is -2.11. The number of hydrogen-bond donors (Lipinski definition) is 3. The summed E-state index contributed by atoms with van der Waals surface area (Å²) in [6.07, 6.45) is 1.37. The summed E-state index contributed by atoms with van der Waals surface area (Å²) < 4.78 is 0. The van der Waals surface area contributed by atoms with Gasteiger partial charge >= 0.3 is 12.0 Å². The van der Waals surface area contributed by atoms with Crippen molar-refractivity contribution in [3.8, 4) is 0 Å².